The molecule has 4 rings (SSSR count). The zero-order valence-corrected chi connectivity index (χ0v) is 22.6. The van der Waals surface area contributed by atoms with Gasteiger partial charge in [0.2, 0.25) is 0 Å². The summed E-state index contributed by atoms with van der Waals surface area (Å²) in [6.07, 6.45) is 3.86. The van der Waals surface area contributed by atoms with Crippen LogP contribution in [0.15, 0.2) is 71.6 Å². The molecule has 39 heavy (non-hydrogen) atoms. The van der Waals surface area contributed by atoms with Crippen molar-refractivity contribution in [3.05, 3.63) is 94.6 Å². The second-order valence-electron chi connectivity index (χ2n) is 8.62. The first-order valence-electron chi connectivity index (χ1n) is 12.3. The number of nitrogens with zero attached hydrogens (tertiary/aromatic N) is 1. The number of hydrogen-bond acceptors (Lipinski definition) is 7. The molecule has 0 radical (unpaired) electrons. The fourth-order valence-corrected chi connectivity index (χ4v) is 5.66. The van der Waals surface area contributed by atoms with Crippen molar-refractivity contribution in [1.29, 1.82) is 0 Å². The maximum absolute atomic E-state index is 13.4. The number of sulfonamides is 1. The molecular weight excluding hydrogens is 520 g/mol. The molecule has 3 aromatic carbocycles. The zero-order chi connectivity index (χ0) is 28.2. The van der Waals surface area contributed by atoms with Crippen LogP contribution in [0, 0.1) is 0 Å². The Kier molecular flexibility index (Phi) is 8.15. The van der Waals surface area contributed by atoms with E-state index in [0.29, 0.717) is 28.7 Å². The number of imide groups is 1. The first-order chi connectivity index (χ1) is 18.7. The molecule has 0 atom stereocenters. The number of anilines is 1. The number of carbonyl (C=O) groups is 3. The molecule has 1 aliphatic rings. The van der Waals surface area contributed by atoms with Crippen LogP contribution in [-0.2, 0) is 21.2 Å². The Morgan fingerprint density at radius 3 is 2.23 bits per heavy atom. The number of carbonyl (C=O) groups excluding carboxylic acids is 3. The van der Waals surface area contributed by atoms with Gasteiger partial charge in [0, 0.05) is 0 Å². The molecule has 0 saturated heterocycles. The number of ether oxygens (including phenoxy) is 2. The number of amides is 2. The summed E-state index contributed by atoms with van der Waals surface area (Å²) in [5.41, 5.74) is 1.62. The predicted molar refractivity (Wildman–Crippen MR) is 146 cm³/mol. The van der Waals surface area contributed by atoms with E-state index in [2.05, 4.69) is 4.72 Å². The summed E-state index contributed by atoms with van der Waals surface area (Å²) in [6.45, 7) is 3.44. The number of benzene rings is 3. The molecule has 0 saturated carbocycles. The van der Waals surface area contributed by atoms with Crippen LogP contribution in [-0.4, -0.2) is 51.4 Å². The maximum atomic E-state index is 13.4. The van der Waals surface area contributed by atoms with Gasteiger partial charge < -0.3 is 9.47 Å². The van der Waals surface area contributed by atoms with Crippen LogP contribution in [0.25, 0.3) is 6.08 Å². The molecule has 0 aliphatic carbocycles. The van der Waals surface area contributed by atoms with Gasteiger partial charge in [-0.05, 0) is 48.7 Å². The highest BCUT2D eigenvalue weighted by Crippen LogP contribution is 2.34. The van der Waals surface area contributed by atoms with E-state index < -0.39 is 27.8 Å². The minimum Gasteiger partial charge on any atom is -0.490 e. The monoisotopic (exact) mass is 548 g/mol. The highest BCUT2D eigenvalue weighted by molar-refractivity contribution is 7.92. The van der Waals surface area contributed by atoms with Crippen molar-refractivity contribution in [3.63, 3.8) is 0 Å². The van der Waals surface area contributed by atoms with Gasteiger partial charge in [-0.15, -0.1) is 0 Å². The first-order valence-corrected chi connectivity index (χ1v) is 13.8. The van der Waals surface area contributed by atoms with Crippen LogP contribution in [0.3, 0.4) is 0 Å². The fraction of sp³-hybridized carbons (Fsp3) is 0.207. The van der Waals surface area contributed by atoms with E-state index in [-0.39, 0.29) is 35.0 Å². The summed E-state index contributed by atoms with van der Waals surface area (Å²) in [6, 6.07) is 16.2. The van der Waals surface area contributed by atoms with Gasteiger partial charge in [-0.2, -0.15) is 0 Å². The molecule has 2 amide bonds. The quantitative estimate of drug-likeness (QED) is 0.292. The average Bonchev–Trinajstić information content (AvgIpc) is 3.18. The number of esters is 1. The van der Waals surface area contributed by atoms with Crippen LogP contribution >= 0.6 is 0 Å². The van der Waals surface area contributed by atoms with Crippen LogP contribution < -0.4 is 9.46 Å². The Balaban J connectivity index is 1.65. The Labute approximate surface area is 227 Å². The van der Waals surface area contributed by atoms with Gasteiger partial charge in [0.05, 0.1) is 35.4 Å². The zero-order valence-electron chi connectivity index (χ0n) is 21.8. The molecule has 0 spiro atoms. The lowest BCUT2D eigenvalue weighted by Gasteiger charge is -2.20. The van der Waals surface area contributed by atoms with Crippen molar-refractivity contribution >= 4 is 39.6 Å². The standard InChI is InChI=1S/C29H28N2O7S/c1-4-10-20-11-6-9-14-24(20)39(35,36)30-23-16-15-19(5-2)26(25(23)29(34)37-3)38-18-17-31-27(32)21-12-7-8-13-22(21)28(31)33/h4,6-16,30H,5,17-18H2,1-3H3. The lowest BCUT2D eigenvalue weighted by Crippen LogP contribution is -2.33. The number of nitrogens with one attached hydrogen (secondary N) is 1. The molecule has 202 valence electrons. The van der Waals surface area contributed by atoms with Crippen molar-refractivity contribution in [2.24, 2.45) is 0 Å². The van der Waals surface area contributed by atoms with Crippen LogP contribution in [0.4, 0.5) is 5.69 Å². The minimum absolute atomic E-state index is 0.0231. The largest absolute Gasteiger partial charge is 0.490 e. The van der Waals surface area contributed by atoms with Crippen molar-refractivity contribution in [2.45, 2.75) is 25.2 Å². The third-order valence-electron chi connectivity index (χ3n) is 6.25. The molecule has 9 nitrogen and oxygen atoms in total. The summed E-state index contributed by atoms with van der Waals surface area (Å²) in [5, 5.41) is 0. The van der Waals surface area contributed by atoms with Crippen LogP contribution in [0.5, 0.6) is 5.75 Å². The average molecular weight is 549 g/mol. The topological polar surface area (TPSA) is 119 Å². The van der Waals surface area contributed by atoms with E-state index in [4.69, 9.17) is 9.47 Å². The van der Waals surface area contributed by atoms with Gasteiger partial charge in [0.25, 0.3) is 21.8 Å². The maximum Gasteiger partial charge on any atom is 0.343 e. The summed E-state index contributed by atoms with van der Waals surface area (Å²) in [7, 11) is -2.92. The number of methoxy groups -OCH3 is 1. The van der Waals surface area contributed by atoms with E-state index in [1.54, 1.807) is 67.6 Å². The van der Waals surface area contributed by atoms with Crippen LogP contribution in [0.1, 0.15) is 56.0 Å². The third kappa shape index (κ3) is 5.42. The molecule has 3 aromatic rings. The Morgan fingerprint density at radius 2 is 1.62 bits per heavy atom. The molecule has 0 fully saturated rings. The van der Waals surface area contributed by atoms with Gasteiger partial charge in [-0.1, -0.05) is 55.5 Å². The fourth-order valence-electron chi connectivity index (χ4n) is 4.38. The highest BCUT2D eigenvalue weighted by atomic mass is 32.2. The minimum atomic E-state index is -4.11. The van der Waals surface area contributed by atoms with E-state index in [9.17, 15) is 22.8 Å². The molecular formula is C29H28N2O7S. The lowest BCUT2D eigenvalue weighted by atomic mass is 10.0. The van der Waals surface area contributed by atoms with Crippen molar-refractivity contribution in [1.82, 2.24) is 4.90 Å². The number of allylic oxidation sites excluding steroid dienone is 1. The van der Waals surface area contributed by atoms with Crippen molar-refractivity contribution < 1.29 is 32.3 Å². The first kappa shape index (κ1) is 27.6. The normalized spacial score (nSPS) is 13.1. The summed E-state index contributed by atoms with van der Waals surface area (Å²) >= 11 is 0. The third-order valence-corrected chi connectivity index (χ3v) is 7.69. The van der Waals surface area contributed by atoms with Gasteiger partial charge >= 0.3 is 5.97 Å². The molecule has 1 aliphatic heterocycles. The summed E-state index contributed by atoms with van der Waals surface area (Å²) < 4.78 is 40.2. The van der Waals surface area contributed by atoms with E-state index in [0.717, 1.165) is 4.90 Å². The number of fused-ring (bicyclic) bond motifs is 1. The predicted octanol–water partition coefficient (Wildman–Crippen LogP) is 4.54. The lowest BCUT2D eigenvalue weighted by molar-refractivity contribution is 0.0583. The molecule has 1 N–H and O–H groups in total. The second kappa shape index (κ2) is 11.5. The smallest absolute Gasteiger partial charge is 0.343 e. The van der Waals surface area contributed by atoms with E-state index in [1.165, 1.54) is 19.2 Å². The Hall–Kier alpha value is -4.44. The SMILES string of the molecule is CC=Cc1ccccc1S(=O)(=O)Nc1ccc(CC)c(OCCN2C(=O)c3ccccc3C2=O)c1C(=O)OC. The van der Waals surface area contributed by atoms with Gasteiger partial charge in [-0.3, -0.25) is 19.2 Å². The van der Waals surface area contributed by atoms with Gasteiger partial charge in [-0.25, -0.2) is 13.2 Å². The molecule has 10 heteroatoms. The number of aryl methyl sites for hydroxylation is 1. The van der Waals surface area contributed by atoms with Crippen molar-refractivity contribution in [3.8, 4) is 5.75 Å². The van der Waals surface area contributed by atoms with E-state index >= 15 is 0 Å². The number of hydrogen-bond donors (Lipinski definition) is 1. The number of rotatable bonds is 10. The highest BCUT2D eigenvalue weighted by Gasteiger charge is 2.35. The molecule has 1 heterocycles. The van der Waals surface area contributed by atoms with Crippen LogP contribution in [0.2, 0.25) is 0 Å². The molecule has 0 aromatic heterocycles. The van der Waals surface area contributed by atoms with Gasteiger partial charge in [0.15, 0.2) is 0 Å². The Bertz CT molecular complexity index is 1540. The van der Waals surface area contributed by atoms with Crippen molar-refractivity contribution in [2.75, 3.05) is 25.0 Å². The molecule has 0 bridgehead atoms. The molecule has 0 unspecified atom stereocenters. The second-order valence-corrected chi connectivity index (χ2v) is 10.3. The van der Waals surface area contributed by atoms with E-state index in [1.807, 2.05) is 6.92 Å². The summed E-state index contributed by atoms with van der Waals surface area (Å²) in [5.74, 6) is -1.54. The Morgan fingerprint density at radius 1 is 0.974 bits per heavy atom. The summed E-state index contributed by atoms with van der Waals surface area (Å²) in [4.78, 5) is 39.5. The van der Waals surface area contributed by atoms with Gasteiger partial charge in [0.1, 0.15) is 17.9 Å².